The van der Waals surface area contributed by atoms with E-state index in [4.69, 9.17) is 5.53 Å². The number of benzene rings is 1. The van der Waals surface area contributed by atoms with Crippen LogP contribution in [0.25, 0.3) is 10.4 Å². The van der Waals surface area contributed by atoms with Crippen LogP contribution in [0.5, 0.6) is 0 Å². The van der Waals surface area contributed by atoms with Crippen LogP contribution in [0.15, 0.2) is 52.2 Å². The third-order valence-electron chi connectivity index (χ3n) is 3.65. The topological polar surface area (TPSA) is 129 Å². The minimum atomic E-state index is -0.682. The SMILES string of the molecule is CCC(Sc1nnc(NC(=O)Nc2ccc(F)c(N=[N+]=[N-])c2)s1)c1cccnc1. The molecule has 0 bridgehead atoms. The number of aromatic nitrogens is 3. The van der Waals surface area contributed by atoms with Gasteiger partial charge in [0.15, 0.2) is 4.34 Å². The molecule has 0 aliphatic heterocycles. The van der Waals surface area contributed by atoms with Crippen molar-refractivity contribution in [2.75, 3.05) is 10.6 Å². The zero-order valence-corrected chi connectivity index (χ0v) is 16.7. The Morgan fingerprint density at radius 1 is 1.38 bits per heavy atom. The van der Waals surface area contributed by atoms with Crippen molar-refractivity contribution in [1.29, 1.82) is 0 Å². The van der Waals surface area contributed by atoms with Gasteiger partial charge in [0, 0.05) is 28.2 Å². The highest BCUT2D eigenvalue weighted by atomic mass is 32.2. The van der Waals surface area contributed by atoms with Crippen LogP contribution < -0.4 is 10.6 Å². The van der Waals surface area contributed by atoms with E-state index in [1.54, 1.807) is 18.0 Å². The van der Waals surface area contributed by atoms with E-state index in [-0.39, 0.29) is 16.6 Å². The predicted octanol–water partition coefficient (Wildman–Crippen LogP) is 5.90. The summed E-state index contributed by atoms with van der Waals surface area (Å²) < 4.78 is 14.2. The number of nitrogens with one attached hydrogen (secondary N) is 2. The van der Waals surface area contributed by atoms with E-state index in [9.17, 15) is 9.18 Å². The van der Waals surface area contributed by atoms with Crippen molar-refractivity contribution in [3.63, 3.8) is 0 Å². The molecule has 0 radical (unpaired) electrons. The Bertz CT molecular complexity index is 1040. The quantitative estimate of drug-likeness (QED) is 0.158. The number of thioether (sulfide) groups is 1. The highest BCUT2D eigenvalue weighted by molar-refractivity contribution is 8.01. The minimum Gasteiger partial charge on any atom is -0.308 e. The van der Waals surface area contributed by atoms with E-state index in [1.165, 1.54) is 23.5 Å². The normalized spacial score (nSPS) is 11.4. The Kier molecular flexibility index (Phi) is 6.95. The van der Waals surface area contributed by atoms with Crippen LogP contribution in [0, 0.1) is 5.82 Å². The molecular weight excluding hydrogens is 415 g/mol. The smallest absolute Gasteiger partial charge is 0.308 e. The molecule has 1 aromatic carbocycles. The third-order valence-corrected chi connectivity index (χ3v) is 6.00. The molecule has 1 atom stereocenters. The van der Waals surface area contributed by atoms with Gasteiger partial charge in [-0.25, -0.2) is 9.18 Å². The van der Waals surface area contributed by atoms with Crippen molar-refractivity contribution in [2.24, 2.45) is 5.11 Å². The lowest BCUT2D eigenvalue weighted by molar-refractivity contribution is 0.262. The number of nitrogens with zero attached hydrogens (tertiary/aromatic N) is 6. The molecule has 0 aliphatic rings. The summed E-state index contributed by atoms with van der Waals surface area (Å²) in [6, 6.07) is 7.01. The van der Waals surface area contributed by atoms with E-state index in [0.717, 1.165) is 18.1 Å². The number of rotatable bonds is 7. The summed E-state index contributed by atoms with van der Waals surface area (Å²) in [5, 5.41) is 16.9. The average Bonchev–Trinajstić information content (AvgIpc) is 3.16. The van der Waals surface area contributed by atoms with Gasteiger partial charge in [0.2, 0.25) is 5.13 Å². The number of carbonyl (C=O) groups is 1. The summed E-state index contributed by atoms with van der Waals surface area (Å²) in [5.74, 6) is -0.682. The van der Waals surface area contributed by atoms with Crippen molar-refractivity contribution in [3.8, 4) is 0 Å². The molecule has 9 nitrogen and oxygen atoms in total. The molecule has 0 saturated heterocycles. The molecule has 0 spiro atoms. The van der Waals surface area contributed by atoms with E-state index in [1.807, 2.05) is 18.3 Å². The van der Waals surface area contributed by atoms with Crippen LogP contribution in [-0.2, 0) is 0 Å². The number of azide groups is 1. The molecule has 2 heterocycles. The summed E-state index contributed by atoms with van der Waals surface area (Å²) in [4.78, 5) is 18.8. The molecule has 0 aliphatic carbocycles. The standard InChI is InChI=1S/C17H15FN8OS2/c1-2-14(10-4-3-7-20-9-10)28-17-25-24-16(29-17)22-15(27)21-11-5-6-12(18)13(8-11)23-26-19/h3-9,14H,2H2,1H3,(H2,21,22,24,27). The summed E-state index contributed by atoms with van der Waals surface area (Å²) in [5.41, 5.74) is 9.60. The zero-order valence-electron chi connectivity index (χ0n) is 15.1. The van der Waals surface area contributed by atoms with Crippen molar-refractivity contribution in [3.05, 3.63) is 64.5 Å². The number of pyridine rings is 1. The molecule has 29 heavy (non-hydrogen) atoms. The van der Waals surface area contributed by atoms with Crippen LogP contribution >= 0.6 is 23.1 Å². The molecule has 2 aromatic heterocycles. The molecule has 3 rings (SSSR count). The monoisotopic (exact) mass is 430 g/mol. The van der Waals surface area contributed by atoms with Gasteiger partial charge in [-0.3, -0.25) is 10.3 Å². The Hall–Kier alpha value is -3.21. The second-order valence-corrected chi connectivity index (χ2v) is 8.04. The number of hydrogen-bond acceptors (Lipinski definition) is 7. The molecular formula is C17H15FN8OS2. The van der Waals surface area contributed by atoms with Crippen molar-refractivity contribution < 1.29 is 9.18 Å². The molecule has 12 heteroatoms. The fourth-order valence-electron chi connectivity index (χ4n) is 2.36. The van der Waals surface area contributed by atoms with Crippen molar-refractivity contribution in [2.45, 2.75) is 22.9 Å². The molecule has 148 valence electrons. The van der Waals surface area contributed by atoms with Crippen LogP contribution in [0.2, 0.25) is 0 Å². The maximum Gasteiger partial charge on any atom is 0.325 e. The van der Waals surface area contributed by atoms with E-state index < -0.39 is 11.8 Å². The lowest BCUT2D eigenvalue weighted by Crippen LogP contribution is -2.19. The van der Waals surface area contributed by atoms with Gasteiger partial charge in [0.25, 0.3) is 0 Å². The van der Waals surface area contributed by atoms with Gasteiger partial charge in [0.1, 0.15) is 5.82 Å². The first-order valence-electron chi connectivity index (χ1n) is 8.41. The van der Waals surface area contributed by atoms with Gasteiger partial charge in [-0.1, -0.05) is 41.2 Å². The molecule has 2 N–H and O–H groups in total. The summed E-state index contributed by atoms with van der Waals surface area (Å²) in [6.45, 7) is 2.08. The van der Waals surface area contributed by atoms with E-state index in [2.05, 4.69) is 42.8 Å². The zero-order chi connectivity index (χ0) is 20.6. The fraction of sp³-hybridized carbons (Fsp3) is 0.176. The van der Waals surface area contributed by atoms with E-state index in [0.29, 0.717) is 9.47 Å². The van der Waals surface area contributed by atoms with Crippen LogP contribution in [0.4, 0.5) is 25.7 Å². The van der Waals surface area contributed by atoms with Crippen LogP contribution in [0.1, 0.15) is 24.2 Å². The highest BCUT2D eigenvalue weighted by Gasteiger charge is 2.16. The van der Waals surface area contributed by atoms with Gasteiger partial charge in [0.05, 0.1) is 5.69 Å². The summed E-state index contributed by atoms with van der Waals surface area (Å²) in [6.07, 6.45) is 4.43. The first kappa shape index (κ1) is 20.5. The van der Waals surface area contributed by atoms with Gasteiger partial charge in [-0.2, -0.15) is 0 Å². The maximum atomic E-state index is 13.5. The highest BCUT2D eigenvalue weighted by Crippen LogP contribution is 2.39. The first-order chi connectivity index (χ1) is 14.1. The van der Waals surface area contributed by atoms with Gasteiger partial charge in [-0.15, -0.1) is 10.2 Å². The van der Waals surface area contributed by atoms with Gasteiger partial charge >= 0.3 is 6.03 Å². The van der Waals surface area contributed by atoms with Gasteiger partial charge in [-0.05, 0) is 41.8 Å². The lowest BCUT2D eigenvalue weighted by atomic mass is 10.2. The minimum absolute atomic E-state index is 0.177. The number of carbonyl (C=O) groups excluding carboxylic acids is 1. The van der Waals surface area contributed by atoms with Crippen molar-refractivity contribution in [1.82, 2.24) is 15.2 Å². The predicted molar refractivity (Wildman–Crippen MR) is 111 cm³/mol. The summed E-state index contributed by atoms with van der Waals surface area (Å²) in [7, 11) is 0. The molecule has 0 saturated carbocycles. The Morgan fingerprint density at radius 2 is 2.24 bits per heavy atom. The van der Waals surface area contributed by atoms with Crippen LogP contribution in [0.3, 0.4) is 0 Å². The first-order valence-corrected chi connectivity index (χ1v) is 10.1. The Morgan fingerprint density at radius 3 is 2.97 bits per heavy atom. The molecule has 1 unspecified atom stereocenters. The number of hydrogen-bond donors (Lipinski definition) is 2. The summed E-state index contributed by atoms with van der Waals surface area (Å²) >= 11 is 2.79. The second-order valence-electron chi connectivity index (χ2n) is 5.61. The fourth-order valence-corrected chi connectivity index (χ4v) is 4.38. The average molecular weight is 430 g/mol. The van der Waals surface area contributed by atoms with Gasteiger partial charge < -0.3 is 5.32 Å². The molecule has 2 amide bonds. The molecule has 0 fully saturated rings. The maximum absolute atomic E-state index is 13.5. The number of halogens is 1. The van der Waals surface area contributed by atoms with Crippen LogP contribution in [-0.4, -0.2) is 21.2 Å². The third kappa shape index (κ3) is 5.64. The van der Waals surface area contributed by atoms with Crippen molar-refractivity contribution >= 4 is 45.6 Å². The number of urea groups is 1. The second kappa shape index (κ2) is 9.82. The Labute approximate surface area is 173 Å². The number of amides is 2. The Balaban J connectivity index is 1.62. The lowest BCUT2D eigenvalue weighted by Gasteiger charge is -2.11. The van der Waals surface area contributed by atoms with E-state index >= 15 is 0 Å². The molecule has 3 aromatic rings. The largest absolute Gasteiger partial charge is 0.325 e. The number of anilines is 2.